The summed E-state index contributed by atoms with van der Waals surface area (Å²) >= 11 is 0. The van der Waals surface area contributed by atoms with Gasteiger partial charge in [-0.25, -0.2) is 4.39 Å². The number of amides is 2. The smallest absolute Gasteiger partial charge is 0.262 e. The van der Waals surface area contributed by atoms with Crippen LogP contribution >= 0.6 is 0 Å². The summed E-state index contributed by atoms with van der Waals surface area (Å²) in [5, 5.41) is 5.58. The van der Waals surface area contributed by atoms with Gasteiger partial charge in [0.1, 0.15) is 11.6 Å². The molecule has 6 heteroatoms. The predicted molar refractivity (Wildman–Crippen MR) is 99.8 cm³/mol. The van der Waals surface area contributed by atoms with E-state index in [-0.39, 0.29) is 24.2 Å². The molecule has 0 heterocycles. The molecule has 2 amide bonds. The first-order chi connectivity index (χ1) is 12.1. The fraction of sp³-hybridized carbons (Fsp3) is 0.300. The van der Waals surface area contributed by atoms with Gasteiger partial charge in [0.25, 0.3) is 5.91 Å². The Balaban J connectivity index is 1.94. The van der Waals surface area contributed by atoms with Gasteiger partial charge in [0.15, 0.2) is 6.61 Å². The third kappa shape index (κ3) is 5.58. The van der Waals surface area contributed by atoms with Crippen molar-refractivity contribution in [2.45, 2.75) is 27.7 Å². The van der Waals surface area contributed by atoms with Crippen molar-refractivity contribution in [3.05, 3.63) is 53.8 Å². The van der Waals surface area contributed by atoms with Crippen LogP contribution in [0.2, 0.25) is 0 Å². The predicted octanol–water partition coefficient (Wildman–Crippen LogP) is 4.14. The maximum Gasteiger partial charge on any atom is 0.262 e. The minimum absolute atomic E-state index is 0.0825. The molecule has 0 aliphatic rings. The molecular weight excluding hydrogens is 335 g/mol. The molecule has 5 nitrogen and oxygen atoms in total. The standard InChI is InChI=1S/C20H23FN2O3/c1-13-10-15(8-9-17(13)23-19(25)20(2,3)4)22-18(24)12-26-16-7-5-6-14(21)11-16/h5-11H,12H2,1-4H3,(H,22,24)(H,23,25). The van der Waals surface area contributed by atoms with Crippen LogP contribution in [0.5, 0.6) is 5.75 Å². The highest BCUT2D eigenvalue weighted by Gasteiger charge is 2.21. The number of carbonyl (C=O) groups excluding carboxylic acids is 2. The van der Waals surface area contributed by atoms with Crippen molar-refractivity contribution in [2.75, 3.05) is 17.2 Å². The highest BCUT2D eigenvalue weighted by Crippen LogP contribution is 2.23. The number of hydrogen-bond acceptors (Lipinski definition) is 3. The van der Waals surface area contributed by atoms with Gasteiger partial charge in [-0.1, -0.05) is 26.8 Å². The van der Waals surface area contributed by atoms with Crippen LogP contribution in [-0.4, -0.2) is 18.4 Å². The van der Waals surface area contributed by atoms with Crippen LogP contribution in [0, 0.1) is 18.2 Å². The SMILES string of the molecule is Cc1cc(NC(=O)COc2cccc(F)c2)ccc1NC(=O)C(C)(C)C. The van der Waals surface area contributed by atoms with E-state index in [1.54, 1.807) is 24.3 Å². The van der Waals surface area contributed by atoms with Crippen molar-refractivity contribution in [2.24, 2.45) is 5.41 Å². The number of aryl methyl sites for hydroxylation is 1. The first-order valence-corrected chi connectivity index (χ1v) is 8.25. The van der Waals surface area contributed by atoms with Gasteiger partial charge >= 0.3 is 0 Å². The van der Waals surface area contributed by atoms with E-state index in [1.165, 1.54) is 18.2 Å². The van der Waals surface area contributed by atoms with Crippen LogP contribution in [-0.2, 0) is 9.59 Å². The summed E-state index contributed by atoms with van der Waals surface area (Å²) in [6.07, 6.45) is 0. The van der Waals surface area contributed by atoms with Crippen LogP contribution < -0.4 is 15.4 Å². The Hall–Kier alpha value is -2.89. The van der Waals surface area contributed by atoms with Crippen LogP contribution in [0.3, 0.4) is 0 Å². The van der Waals surface area contributed by atoms with Gasteiger partial charge in [-0.3, -0.25) is 9.59 Å². The van der Waals surface area contributed by atoms with E-state index in [1.807, 2.05) is 27.7 Å². The molecule has 0 bridgehead atoms. The van der Waals surface area contributed by atoms with Gasteiger partial charge in [-0.2, -0.15) is 0 Å². The highest BCUT2D eigenvalue weighted by molar-refractivity contribution is 5.96. The monoisotopic (exact) mass is 358 g/mol. The first kappa shape index (κ1) is 19.4. The van der Waals surface area contributed by atoms with Gasteiger partial charge < -0.3 is 15.4 Å². The Labute approximate surface area is 152 Å². The summed E-state index contributed by atoms with van der Waals surface area (Å²) in [5.74, 6) is -0.580. The Morgan fingerprint density at radius 1 is 1.08 bits per heavy atom. The minimum atomic E-state index is -0.492. The number of nitrogens with one attached hydrogen (secondary N) is 2. The number of rotatable bonds is 5. The molecule has 2 N–H and O–H groups in total. The first-order valence-electron chi connectivity index (χ1n) is 8.25. The molecule has 0 saturated heterocycles. The second kappa shape index (κ2) is 7.99. The lowest BCUT2D eigenvalue weighted by atomic mass is 9.95. The maximum atomic E-state index is 13.1. The maximum absolute atomic E-state index is 13.1. The van der Waals surface area contributed by atoms with Crippen molar-refractivity contribution >= 4 is 23.2 Å². The third-order valence-electron chi connectivity index (χ3n) is 3.61. The number of benzene rings is 2. The molecule has 2 aromatic rings. The molecule has 2 aromatic carbocycles. The van der Waals surface area contributed by atoms with Crippen molar-refractivity contribution in [1.29, 1.82) is 0 Å². The molecule has 0 aliphatic heterocycles. The molecule has 0 unspecified atom stereocenters. The van der Waals surface area contributed by atoms with Gasteiger partial charge in [0.2, 0.25) is 5.91 Å². The van der Waals surface area contributed by atoms with Gasteiger partial charge in [0.05, 0.1) is 0 Å². The fourth-order valence-corrected chi connectivity index (χ4v) is 2.09. The topological polar surface area (TPSA) is 67.4 Å². The van der Waals surface area contributed by atoms with Crippen molar-refractivity contribution in [1.82, 2.24) is 0 Å². The lowest BCUT2D eigenvalue weighted by molar-refractivity contribution is -0.123. The second-order valence-electron chi connectivity index (χ2n) is 7.03. The van der Waals surface area contributed by atoms with E-state index in [4.69, 9.17) is 4.74 Å². The number of hydrogen-bond donors (Lipinski definition) is 2. The molecule has 0 radical (unpaired) electrons. The van der Waals surface area contributed by atoms with Crippen LogP contribution in [0.25, 0.3) is 0 Å². The normalized spacial score (nSPS) is 11.0. The third-order valence-corrected chi connectivity index (χ3v) is 3.61. The quantitative estimate of drug-likeness (QED) is 0.844. The molecule has 2 rings (SSSR count). The van der Waals surface area contributed by atoms with E-state index in [0.29, 0.717) is 11.4 Å². The highest BCUT2D eigenvalue weighted by atomic mass is 19.1. The number of anilines is 2. The van der Waals surface area contributed by atoms with Crippen molar-refractivity contribution in [3.8, 4) is 5.75 Å². The second-order valence-corrected chi connectivity index (χ2v) is 7.03. The van der Waals surface area contributed by atoms with E-state index >= 15 is 0 Å². The lowest BCUT2D eigenvalue weighted by Crippen LogP contribution is -2.28. The van der Waals surface area contributed by atoms with Gasteiger partial charge in [-0.15, -0.1) is 0 Å². The van der Waals surface area contributed by atoms with E-state index in [2.05, 4.69) is 10.6 Å². The zero-order valence-corrected chi connectivity index (χ0v) is 15.4. The summed E-state index contributed by atoms with van der Waals surface area (Å²) in [4.78, 5) is 24.0. The summed E-state index contributed by atoms with van der Waals surface area (Å²) in [6.45, 7) is 7.13. The molecule has 0 spiro atoms. The molecule has 0 aromatic heterocycles. The zero-order chi connectivity index (χ0) is 19.3. The van der Waals surface area contributed by atoms with Crippen LogP contribution in [0.15, 0.2) is 42.5 Å². The van der Waals surface area contributed by atoms with Gasteiger partial charge in [0, 0.05) is 22.9 Å². The lowest BCUT2D eigenvalue weighted by Gasteiger charge is -2.19. The molecule has 138 valence electrons. The fourth-order valence-electron chi connectivity index (χ4n) is 2.09. The Morgan fingerprint density at radius 3 is 2.42 bits per heavy atom. The summed E-state index contributed by atoms with van der Waals surface area (Å²) < 4.78 is 18.3. The molecule has 0 atom stereocenters. The minimum Gasteiger partial charge on any atom is -0.484 e. The van der Waals surface area contributed by atoms with Crippen molar-refractivity contribution < 1.29 is 18.7 Å². The zero-order valence-electron chi connectivity index (χ0n) is 15.4. The number of halogens is 1. The molecule has 0 aliphatic carbocycles. The molecular formula is C20H23FN2O3. The van der Waals surface area contributed by atoms with Crippen molar-refractivity contribution in [3.63, 3.8) is 0 Å². The number of carbonyl (C=O) groups is 2. The molecule has 0 fully saturated rings. The Morgan fingerprint density at radius 2 is 1.81 bits per heavy atom. The van der Waals surface area contributed by atoms with E-state index in [9.17, 15) is 14.0 Å². The van der Waals surface area contributed by atoms with Crippen LogP contribution in [0.4, 0.5) is 15.8 Å². The molecule has 26 heavy (non-hydrogen) atoms. The summed E-state index contributed by atoms with van der Waals surface area (Å²) in [5.41, 5.74) is 1.61. The van der Waals surface area contributed by atoms with Crippen LogP contribution in [0.1, 0.15) is 26.3 Å². The Bertz CT molecular complexity index is 813. The largest absolute Gasteiger partial charge is 0.484 e. The Kier molecular flexibility index (Phi) is 5.97. The summed E-state index contributed by atoms with van der Waals surface area (Å²) in [7, 11) is 0. The summed E-state index contributed by atoms with van der Waals surface area (Å²) in [6, 6.07) is 10.8. The average Bonchev–Trinajstić information content (AvgIpc) is 2.54. The average molecular weight is 358 g/mol. The van der Waals surface area contributed by atoms with E-state index < -0.39 is 11.2 Å². The van der Waals surface area contributed by atoms with Gasteiger partial charge in [-0.05, 0) is 42.8 Å². The molecule has 0 saturated carbocycles. The number of ether oxygens (including phenoxy) is 1. The van der Waals surface area contributed by atoms with E-state index in [0.717, 1.165) is 5.56 Å².